The summed E-state index contributed by atoms with van der Waals surface area (Å²) in [5.41, 5.74) is 0.415. The molecule has 0 unspecified atom stereocenters. The van der Waals surface area contributed by atoms with Gasteiger partial charge in [0.15, 0.2) is 0 Å². The van der Waals surface area contributed by atoms with Gasteiger partial charge in [-0.15, -0.1) is 0 Å². The molecule has 0 aliphatic heterocycles. The van der Waals surface area contributed by atoms with Crippen molar-refractivity contribution < 1.29 is 17.9 Å². The fourth-order valence-electron chi connectivity index (χ4n) is 2.37. The van der Waals surface area contributed by atoms with Gasteiger partial charge in [0.1, 0.15) is 18.1 Å². The van der Waals surface area contributed by atoms with Crippen molar-refractivity contribution in [3.63, 3.8) is 0 Å². The number of rotatable bonds is 8. The predicted molar refractivity (Wildman–Crippen MR) is 106 cm³/mol. The summed E-state index contributed by atoms with van der Waals surface area (Å²) >= 11 is 3.30. The maximum Gasteiger partial charge on any atom is 0.261 e. The topological polar surface area (TPSA) is 82.5 Å². The minimum Gasteiger partial charge on any atom is -0.496 e. The second kappa shape index (κ2) is 8.45. The van der Waals surface area contributed by atoms with Crippen molar-refractivity contribution in [1.82, 2.24) is 9.78 Å². The summed E-state index contributed by atoms with van der Waals surface area (Å²) in [7, 11) is -2.22. The van der Waals surface area contributed by atoms with E-state index in [9.17, 15) is 8.42 Å². The molecule has 0 spiro atoms. The molecule has 27 heavy (non-hydrogen) atoms. The Morgan fingerprint density at radius 2 is 2.04 bits per heavy atom. The lowest BCUT2D eigenvalue weighted by atomic mass is 10.3. The van der Waals surface area contributed by atoms with Crippen molar-refractivity contribution in [1.29, 1.82) is 0 Å². The third-order valence-corrected chi connectivity index (χ3v) is 5.67. The average Bonchev–Trinajstić information content (AvgIpc) is 3.15. The van der Waals surface area contributed by atoms with Gasteiger partial charge in [0.2, 0.25) is 0 Å². The van der Waals surface area contributed by atoms with E-state index >= 15 is 0 Å². The summed E-state index contributed by atoms with van der Waals surface area (Å²) in [5.74, 6) is 1.12. The first-order chi connectivity index (χ1) is 13.0. The molecule has 3 aromatic rings. The first-order valence-electron chi connectivity index (χ1n) is 8.04. The molecule has 0 radical (unpaired) electrons. The molecule has 142 valence electrons. The molecular weight excluding hydrogens is 434 g/mol. The first-order valence-corrected chi connectivity index (χ1v) is 10.3. The number of anilines is 1. The highest BCUT2D eigenvalue weighted by molar-refractivity contribution is 9.10. The fourth-order valence-corrected chi connectivity index (χ4v) is 4.13. The standard InChI is InChI=1S/C18H18BrN3O4S/c1-25-18-7-6-16(13-17(18)19)27(23,24)21-14-4-2-5-15(12-14)26-11-10-22-9-3-8-20-22/h2-9,12-13,21H,10-11H2,1H3. The quantitative estimate of drug-likeness (QED) is 0.566. The molecular formula is C18H18BrN3O4S. The molecule has 1 heterocycles. The molecule has 0 amide bonds. The fraction of sp³-hybridized carbons (Fsp3) is 0.167. The van der Waals surface area contributed by atoms with E-state index in [2.05, 4.69) is 25.8 Å². The van der Waals surface area contributed by atoms with Crippen LogP contribution in [-0.2, 0) is 16.6 Å². The molecule has 9 heteroatoms. The maximum absolute atomic E-state index is 12.6. The zero-order chi connectivity index (χ0) is 19.3. The largest absolute Gasteiger partial charge is 0.496 e. The number of hydrogen-bond acceptors (Lipinski definition) is 5. The zero-order valence-electron chi connectivity index (χ0n) is 14.5. The minimum atomic E-state index is -3.74. The van der Waals surface area contributed by atoms with Crippen molar-refractivity contribution in [2.24, 2.45) is 0 Å². The molecule has 0 aliphatic rings. The number of aromatic nitrogens is 2. The van der Waals surface area contributed by atoms with Crippen molar-refractivity contribution in [2.75, 3.05) is 18.4 Å². The lowest BCUT2D eigenvalue weighted by Gasteiger charge is -2.12. The van der Waals surface area contributed by atoms with Crippen LogP contribution in [0.25, 0.3) is 0 Å². The van der Waals surface area contributed by atoms with Crippen molar-refractivity contribution >= 4 is 31.6 Å². The van der Waals surface area contributed by atoms with Gasteiger partial charge >= 0.3 is 0 Å². The van der Waals surface area contributed by atoms with Crippen molar-refractivity contribution in [3.05, 3.63) is 65.4 Å². The second-order valence-electron chi connectivity index (χ2n) is 5.55. The number of nitrogens with one attached hydrogen (secondary N) is 1. The molecule has 1 aromatic heterocycles. The second-order valence-corrected chi connectivity index (χ2v) is 8.08. The highest BCUT2D eigenvalue weighted by atomic mass is 79.9. The van der Waals surface area contributed by atoms with Crippen LogP contribution in [0.15, 0.2) is 70.3 Å². The smallest absolute Gasteiger partial charge is 0.261 e. The Labute approximate surface area is 166 Å². The Morgan fingerprint density at radius 1 is 1.19 bits per heavy atom. The molecule has 1 N–H and O–H groups in total. The third-order valence-electron chi connectivity index (χ3n) is 3.67. The monoisotopic (exact) mass is 451 g/mol. The Balaban J connectivity index is 1.68. The number of nitrogens with zero attached hydrogens (tertiary/aromatic N) is 2. The van der Waals surface area contributed by atoms with Crippen molar-refractivity contribution in [3.8, 4) is 11.5 Å². The van der Waals surface area contributed by atoms with Gasteiger partial charge in [-0.05, 0) is 52.3 Å². The van der Waals surface area contributed by atoms with E-state index in [0.717, 1.165) is 0 Å². The summed E-state index contributed by atoms with van der Waals surface area (Å²) in [5, 5.41) is 4.10. The van der Waals surface area contributed by atoms with Crippen LogP contribution in [0.2, 0.25) is 0 Å². The highest BCUT2D eigenvalue weighted by Crippen LogP contribution is 2.28. The lowest BCUT2D eigenvalue weighted by molar-refractivity contribution is 0.291. The van der Waals surface area contributed by atoms with Gasteiger partial charge in [-0.2, -0.15) is 5.10 Å². The van der Waals surface area contributed by atoms with Gasteiger partial charge in [-0.3, -0.25) is 9.40 Å². The Kier molecular flexibility index (Phi) is 6.02. The number of benzene rings is 2. The van der Waals surface area contributed by atoms with Crippen LogP contribution in [0.1, 0.15) is 0 Å². The van der Waals surface area contributed by atoms with Crippen LogP contribution in [0.4, 0.5) is 5.69 Å². The van der Waals surface area contributed by atoms with Crippen LogP contribution in [0.3, 0.4) is 0 Å². The van der Waals surface area contributed by atoms with Gasteiger partial charge in [0.05, 0.1) is 28.7 Å². The van der Waals surface area contributed by atoms with Gasteiger partial charge in [0, 0.05) is 18.5 Å². The van der Waals surface area contributed by atoms with Crippen LogP contribution >= 0.6 is 15.9 Å². The summed E-state index contributed by atoms with van der Waals surface area (Å²) in [4.78, 5) is 0.125. The molecule has 0 atom stereocenters. The van der Waals surface area contributed by atoms with E-state index in [1.54, 1.807) is 41.2 Å². The highest BCUT2D eigenvalue weighted by Gasteiger charge is 2.16. The van der Waals surface area contributed by atoms with E-state index in [4.69, 9.17) is 9.47 Å². The van der Waals surface area contributed by atoms with Crippen LogP contribution in [0, 0.1) is 0 Å². The van der Waals surface area contributed by atoms with Gasteiger partial charge in [0.25, 0.3) is 10.0 Å². The predicted octanol–water partition coefficient (Wildman–Crippen LogP) is 3.53. The number of ether oxygens (including phenoxy) is 2. The minimum absolute atomic E-state index is 0.125. The summed E-state index contributed by atoms with van der Waals surface area (Å²) in [6.45, 7) is 1.02. The summed E-state index contributed by atoms with van der Waals surface area (Å²) in [6, 6.07) is 13.2. The summed E-state index contributed by atoms with van der Waals surface area (Å²) < 4.78 is 40.9. The van der Waals surface area contributed by atoms with E-state index < -0.39 is 10.0 Å². The molecule has 7 nitrogen and oxygen atoms in total. The molecule has 0 bridgehead atoms. The molecule has 3 rings (SSSR count). The van der Waals surface area contributed by atoms with Crippen molar-refractivity contribution in [2.45, 2.75) is 11.4 Å². The Morgan fingerprint density at radius 3 is 2.74 bits per heavy atom. The van der Waals surface area contributed by atoms with Crippen LogP contribution in [0.5, 0.6) is 11.5 Å². The van der Waals surface area contributed by atoms with Gasteiger partial charge in [-0.25, -0.2) is 8.42 Å². The lowest BCUT2D eigenvalue weighted by Crippen LogP contribution is -2.13. The normalized spacial score (nSPS) is 11.2. The van der Waals surface area contributed by atoms with Crippen LogP contribution in [-0.4, -0.2) is 31.9 Å². The average molecular weight is 452 g/mol. The Bertz CT molecular complexity index is 1010. The first kappa shape index (κ1) is 19.2. The third kappa shape index (κ3) is 5.01. The molecule has 0 saturated heterocycles. The number of methoxy groups -OCH3 is 1. The number of halogens is 1. The van der Waals surface area contributed by atoms with Gasteiger partial charge < -0.3 is 9.47 Å². The molecule has 0 fully saturated rings. The van der Waals surface area contributed by atoms with E-state index in [0.29, 0.717) is 34.8 Å². The number of sulfonamides is 1. The molecule has 0 aliphatic carbocycles. The SMILES string of the molecule is COc1ccc(S(=O)(=O)Nc2cccc(OCCn3cccn3)c2)cc1Br. The molecule has 2 aromatic carbocycles. The van der Waals surface area contributed by atoms with E-state index in [-0.39, 0.29) is 4.90 Å². The Hall–Kier alpha value is -2.52. The van der Waals surface area contributed by atoms with E-state index in [1.165, 1.54) is 19.2 Å². The summed E-state index contributed by atoms with van der Waals surface area (Å²) in [6.07, 6.45) is 3.55. The number of hydrogen-bond donors (Lipinski definition) is 1. The maximum atomic E-state index is 12.6. The van der Waals surface area contributed by atoms with Gasteiger partial charge in [-0.1, -0.05) is 6.07 Å². The molecule has 0 saturated carbocycles. The van der Waals surface area contributed by atoms with Crippen LogP contribution < -0.4 is 14.2 Å². The van der Waals surface area contributed by atoms with E-state index in [1.807, 2.05) is 12.3 Å². The zero-order valence-corrected chi connectivity index (χ0v) is 16.9.